The quantitative estimate of drug-likeness (QED) is 0.829. The van der Waals surface area contributed by atoms with Crippen molar-refractivity contribution in [1.29, 1.82) is 0 Å². The Bertz CT molecular complexity index is 928. The summed E-state index contributed by atoms with van der Waals surface area (Å²) in [6, 6.07) is 10.6. The fourth-order valence-electron chi connectivity index (χ4n) is 1.74. The van der Waals surface area contributed by atoms with Gasteiger partial charge >= 0.3 is 0 Å². The van der Waals surface area contributed by atoms with E-state index in [9.17, 15) is 16.8 Å². The van der Waals surface area contributed by atoms with E-state index < -0.39 is 20.0 Å². The lowest BCUT2D eigenvalue weighted by Crippen LogP contribution is -2.15. The molecule has 2 aromatic rings. The molecule has 0 saturated carbocycles. The van der Waals surface area contributed by atoms with E-state index >= 15 is 0 Å². The van der Waals surface area contributed by atoms with Crippen LogP contribution in [0.25, 0.3) is 0 Å². The Labute approximate surface area is 139 Å². The van der Waals surface area contributed by atoms with E-state index in [-0.39, 0.29) is 21.4 Å². The molecule has 0 aliphatic rings. The molecule has 10 heteroatoms. The van der Waals surface area contributed by atoms with Gasteiger partial charge in [-0.1, -0.05) is 29.8 Å². The van der Waals surface area contributed by atoms with Crippen molar-refractivity contribution in [1.82, 2.24) is 0 Å². The Hall–Kier alpha value is -1.81. The van der Waals surface area contributed by atoms with Gasteiger partial charge in [0.25, 0.3) is 0 Å². The molecule has 0 aliphatic carbocycles. The van der Waals surface area contributed by atoms with Gasteiger partial charge in [-0.25, -0.2) is 22.0 Å². The van der Waals surface area contributed by atoms with E-state index in [1.165, 1.54) is 6.07 Å². The van der Waals surface area contributed by atoms with Gasteiger partial charge in [-0.05, 0) is 24.3 Å². The van der Waals surface area contributed by atoms with Crippen molar-refractivity contribution < 1.29 is 21.6 Å². The molecule has 0 fully saturated rings. The molecule has 0 bridgehead atoms. The molecule has 0 amide bonds. The van der Waals surface area contributed by atoms with Crippen LogP contribution < -0.4 is 14.6 Å². The average molecular weight is 377 g/mol. The molecule has 7 nitrogen and oxygen atoms in total. The monoisotopic (exact) mass is 376 g/mol. The second kappa shape index (κ2) is 6.36. The van der Waals surface area contributed by atoms with Gasteiger partial charge in [-0.15, -0.1) is 0 Å². The Morgan fingerprint density at radius 1 is 1.04 bits per heavy atom. The lowest BCUT2D eigenvalue weighted by molar-refractivity contribution is 0.468. The van der Waals surface area contributed by atoms with Crippen molar-refractivity contribution in [2.75, 3.05) is 11.0 Å². The van der Waals surface area contributed by atoms with Crippen LogP contribution in [0.1, 0.15) is 0 Å². The van der Waals surface area contributed by atoms with Gasteiger partial charge in [-0.2, -0.15) is 0 Å². The maximum atomic E-state index is 11.7. The number of para-hydroxylation sites is 1. The van der Waals surface area contributed by atoms with Gasteiger partial charge in [0, 0.05) is 0 Å². The minimum atomic E-state index is -4.12. The Kier molecular flexibility index (Phi) is 4.85. The predicted molar refractivity (Wildman–Crippen MR) is 87.8 cm³/mol. The molecule has 124 valence electrons. The smallest absolute Gasteiger partial charge is 0.241 e. The number of primary sulfonamides is 1. The Morgan fingerprint density at radius 2 is 1.65 bits per heavy atom. The summed E-state index contributed by atoms with van der Waals surface area (Å²) in [5.41, 5.74) is -0.0208. The van der Waals surface area contributed by atoms with E-state index in [2.05, 4.69) is 4.72 Å². The maximum Gasteiger partial charge on any atom is 0.241 e. The highest BCUT2D eigenvalue weighted by molar-refractivity contribution is 7.92. The van der Waals surface area contributed by atoms with Crippen LogP contribution in [0.4, 0.5) is 5.69 Å². The number of benzene rings is 2. The molecule has 0 radical (unpaired) electrons. The first-order valence-electron chi connectivity index (χ1n) is 6.14. The van der Waals surface area contributed by atoms with Gasteiger partial charge in [-0.3, -0.25) is 4.72 Å². The number of anilines is 1. The Balaban J connectivity index is 2.61. The molecule has 0 spiro atoms. The van der Waals surface area contributed by atoms with Crippen LogP contribution in [-0.4, -0.2) is 23.1 Å². The number of nitrogens with two attached hydrogens (primary N) is 1. The van der Waals surface area contributed by atoms with Crippen LogP contribution in [0, 0.1) is 0 Å². The van der Waals surface area contributed by atoms with E-state index in [1.54, 1.807) is 30.3 Å². The summed E-state index contributed by atoms with van der Waals surface area (Å²) >= 11 is 6.10. The zero-order chi connectivity index (χ0) is 17.3. The van der Waals surface area contributed by atoms with Crippen LogP contribution >= 0.6 is 11.6 Å². The van der Waals surface area contributed by atoms with Gasteiger partial charge in [0.15, 0.2) is 5.75 Å². The number of nitrogens with one attached hydrogen (secondary N) is 1. The predicted octanol–water partition coefficient (Wildman–Crippen LogP) is 2.15. The summed E-state index contributed by atoms with van der Waals surface area (Å²) in [5.74, 6) is 0.0600. The van der Waals surface area contributed by atoms with Crippen LogP contribution in [0.2, 0.25) is 5.02 Å². The zero-order valence-electron chi connectivity index (χ0n) is 11.9. The lowest BCUT2D eigenvalue weighted by Gasteiger charge is -2.15. The van der Waals surface area contributed by atoms with E-state index in [0.717, 1.165) is 12.3 Å². The maximum absolute atomic E-state index is 11.7. The highest BCUT2D eigenvalue weighted by atomic mass is 35.5. The number of halogens is 1. The lowest BCUT2D eigenvalue weighted by atomic mass is 10.3. The molecule has 0 atom stereocenters. The van der Waals surface area contributed by atoms with Gasteiger partial charge in [0.2, 0.25) is 20.0 Å². The minimum Gasteiger partial charge on any atom is -0.454 e. The van der Waals surface area contributed by atoms with Gasteiger partial charge < -0.3 is 4.74 Å². The third kappa shape index (κ3) is 4.58. The number of sulfonamides is 2. The SMILES string of the molecule is CS(=O)(=O)Nc1ccc(S(N)(=O)=O)c(Oc2ccccc2)c1Cl. The topological polar surface area (TPSA) is 116 Å². The van der Waals surface area contributed by atoms with Crippen LogP contribution in [0.3, 0.4) is 0 Å². The van der Waals surface area contributed by atoms with E-state index in [4.69, 9.17) is 21.5 Å². The number of hydrogen-bond acceptors (Lipinski definition) is 5. The van der Waals surface area contributed by atoms with Crippen LogP contribution in [-0.2, 0) is 20.0 Å². The molecule has 2 aromatic carbocycles. The number of hydrogen-bond donors (Lipinski definition) is 2. The van der Waals surface area contributed by atoms with E-state index in [1.807, 2.05) is 0 Å². The largest absolute Gasteiger partial charge is 0.454 e. The van der Waals surface area contributed by atoms with Crippen molar-refractivity contribution in [3.05, 3.63) is 47.5 Å². The highest BCUT2D eigenvalue weighted by Crippen LogP contribution is 2.40. The summed E-state index contributed by atoms with van der Waals surface area (Å²) in [4.78, 5) is -0.356. The third-order valence-corrected chi connectivity index (χ3v) is 4.53. The van der Waals surface area contributed by atoms with E-state index in [0.29, 0.717) is 5.75 Å². The van der Waals surface area contributed by atoms with Crippen molar-refractivity contribution >= 4 is 37.3 Å². The average Bonchev–Trinajstić information content (AvgIpc) is 2.41. The fourth-order valence-corrected chi connectivity index (χ4v) is 3.33. The highest BCUT2D eigenvalue weighted by Gasteiger charge is 2.22. The van der Waals surface area contributed by atoms with Crippen LogP contribution in [0.15, 0.2) is 47.4 Å². The summed E-state index contributed by atoms with van der Waals surface area (Å²) in [5, 5.41) is 4.94. The zero-order valence-corrected chi connectivity index (χ0v) is 14.2. The first-order chi connectivity index (χ1) is 10.6. The first-order valence-corrected chi connectivity index (χ1v) is 9.95. The molecule has 0 aromatic heterocycles. The molecular formula is C13H13ClN2O5S2. The molecular weight excluding hydrogens is 364 g/mol. The summed E-state index contributed by atoms with van der Waals surface area (Å²) < 4.78 is 53.8. The van der Waals surface area contributed by atoms with Gasteiger partial charge in [0.1, 0.15) is 15.7 Å². The summed E-state index contributed by atoms with van der Waals surface area (Å²) in [7, 11) is -7.73. The normalized spacial score (nSPS) is 12.0. The third-order valence-electron chi connectivity index (χ3n) is 2.63. The molecule has 2 rings (SSSR count). The summed E-state index contributed by atoms with van der Waals surface area (Å²) in [6.07, 6.45) is 0.939. The number of ether oxygens (including phenoxy) is 1. The molecule has 23 heavy (non-hydrogen) atoms. The fraction of sp³-hybridized carbons (Fsp3) is 0.0769. The first kappa shape index (κ1) is 17.5. The molecule has 3 N–H and O–H groups in total. The van der Waals surface area contributed by atoms with Crippen molar-refractivity contribution in [3.63, 3.8) is 0 Å². The summed E-state index contributed by atoms with van der Waals surface area (Å²) in [6.45, 7) is 0. The van der Waals surface area contributed by atoms with Crippen LogP contribution in [0.5, 0.6) is 11.5 Å². The molecule has 0 aliphatic heterocycles. The second-order valence-electron chi connectivity index (χ2n) is 4.59. The molecule has 0 saturated heterocycles. The minimum absolute atomic E-state index is 0.0208. The van der Waals surface area contributed by atoms with Crippen molar-refractivity contribution in [2.45, 2.75) is 4.90 Å². The number of rotatable bonds is 5. The van der Waals surface area contributed by atoms with Crippen molar-refractivity contribution in [3.8, 4) is 11.5 Å². The second-order valence-corrected chi connectivity index (χ2v) is 8.24. The standard InChI is InChI=1S/C13H13ClN2O5S2/c1-22(17,18)16-10-7-8-11(23(15,19)20)13(12(10)14)21-9-5-3-2-4-6-9/h2-8,16H,1H3,(H2,15,19,20). The molecule has 0 unspecified atom stereocenters. The molecule has 0 heterocycles. The van der Waals surface area contributed by atoms with Gasteiger partial charge in [0.05, 0.1) is 11.9 Å². The van der Waals surface area contributed by atoms with Crippen molar-refractivity contribution in [2.24, 2.45) is 5.14 Å². The Morgan fingerprint density at radius 3 is 2.17 bits per heavy atom.